The molecule has 0 heterocycles. The fraction of sp³-hybridized carbons (Fsp3) is 0.562. The Kier molecular flexibility index (Phi) is 3.95. The third-order valence-corrected chi connectivity index (χ3v) is 4.02. The van der Waals surface area contributed by atoms with Crippen molar-refractivity contribution in [1.29, 1.82) is 0 Å². The number of carbonyl (C=O) groups excluding carboxylic acids is 1. The van der Waals surface area contributed by atoms with Crippen molar-refractivity contribution in [2.24, 2.45) is 5.41 Å². The third kappa shape index (κ3) is 2.81. The van der Waals surface area contributed by atoms with E-state index < -0.39 is 0 Å². The van der Waals surface area contributed by atoms with Crippen LogP contribution in [0.1, 0.15) is 43.7 Å². The average Bonchev–Trinajstić information content (AvgIpc) is 3.13. The van der Waals surface area contributed by atoms with Gasteiger partial charge in [-0.05, 0) is 43.9 Å². The van der Waals surface area contributed by atoms with Gasteiger partial charge in [-0.2, -0.15) is 0 Å². The van der Waals surface area contributed by atoms with E-state index in [-0.39, 0.29) is 11.3 Å². The molecule has 0 atom stereocenters. The summed E-state index contributed by atoms with van der Waals surface area (Å²) in [6, 6.07) is 6.21. The lowest BCUT2D eigenvalue weighted by Crippen LogP contribution is -2.33. The van der Waals surface area contributed by atoms with Gasteiger partial charge in [-0.25, -0.2) is 0 Å². The molecule has 2 rings (SSSR count). The highest BCUT2D eigenvalue weighted by molar-refractivity contribution is 5.98. The first kappa shape index (κ1) is 14.1. The minimum absolute atomic E-state index is 0.165. The van der Waals surface area contributed by atoms with Crippen LogP contribution in [0.15, 0.2) is 18.2 Å². The smallest absolute Gasteiger partial charge is 0.231 e. The molecule has 104 valence electrons. The summed E-state index contributed by atoms with van der Waals surface area (Å²) in [6.45, 7) is 7.14. The number of para-hydroxylation sites is 1. The molecule has 3 nitrogen and oxygen atoms in total. The zero-order chi connectivity index (χ0) is 14.0. The Morgan fingerprint density at radius 2 is 2.05 bits per heavy atom. The van der Waals surface area contributed by atoms with E-state index in [0.717, 1.165) is 30.6 Å². The Labute approximate surface area is 115 Å². The molecule has 1 fully saturated rings. The summed E-state index contributed by atoms with van der Waals surface area (Å²) in [5.41, 5.74) is 3.18. The zero-order valence-corrected chi connectivity index (χ0v) is 12.3. The Bertz CT molecular complexity index is 476. The number of amides is 1. The number of benzene rings is 1. The van der Waals surface area contributed by atoms with Gasteiger partial charge in [0, 0.05) is 12.2 Å². The van der Waals surface area contributed by atoms with E-state index in [4.69, 9.17) is 0 Å². The molecule has 1 aliphatic rings. The van der Waals surface area contributed by atoms with E-state index >= 15 is 0 Å². The van der Waals surface area contributed by atoms with E-state index in [9.17, 15) is 4.79 Å². The minimum Gasteiger partial charge on any atom is -0.325 e. The lowest BCUT2D eigenvalue weighted by Gasteiger charge is -2.20. The summed E-state index contributed by atoms with van der Waals surface area (Å²) < 4.78 is 0. The highest BCUT2D eigenvalue weighted by Gasteiger charge is 2.49. The predicted molar refractivity (Wildman–Crippen MR) is 79.5 cm³/mol. The van der Waals surface area contributed by atoms with Crippen molar-refractivity contribution < 1.29 is 4.79 Å². The van der Waals surface area contributed by atoms with Crippen LogP contribution in [0.3, 0.4) is 0 Å². The van der Waals surface area contributed by atoms with Crippen LogP contribution < -0.4 is 10.6 Å². The van der Waals surface area contributed by atoms with Gasteiger partial charge in [-0.15, -0.1) is 0 Å². The van der Waals surface area contributed by atoms with Crippen LogP contribution in [-0.2, 0) is 4.79 Å². The van der Waals surface area contributed by atoms with Gasteiger partial charge in [0.15, 0.2) is 0 Å². The first-order chi connectivity index (χ1) is 9.00. The van der Waals surface area contributed by atoms with E-state index in [1.165, 1.54) is 5.56 Å². The van der Waals surface area contributed by atoms with Gasteiger partial charge < -0.3 is 10.6 Å². The Morgan fingerprint density at radius 1 is 1.37 bits per heavy atom. The van der Waals surface area contributed by atoms with Crippen molar-refractivity contribution in [2.45, 2.75) is 39.5 Å². The van der Waals surface area contributed by atoms with E-state index in [1.54, 1.807) is 0 Å². The average molecular weight is 260 g/mol. The molecule has 1 saturated carbocycles. The van der Waals surface area contributed by atoms with Gasteiger partial charge in [-0.1, -0.05) is 32.0 Å². The van der Waals surface area contributed by atoms with Crippen molar-refractivity contribution in [2.75, 3.05) is 18.9 Å². The second-order valence-electron chi connectivity index (χ2n) is 5.96. The van der Waals surface area contributed by atoms with Crippen molar-refractivity contribution in [3.8, 4) is 0 Å². The highest BCUT2D eigenvalue weighted by Crippen LogP contribution is 2.46. The Balaban J connectivity index is 2.22. The molecule has 1 aromatic carbocycles. The van der Waals surface area contributed by atoms with E-state index in [0.29, 0.717) is 5.92 Å². The second kappa shape index (κ2) is 5.33. The number of anilines is 1. The highest BCUT2D eigenvalue weighted by atomic mass is 16.2. The maximum atomic E-state index is 12.5. The van der Waals surface area contributed by atoms with Crippen molar-refractivity contribution in [1.82, 2.24) is 5.32 Å². The summed E-state index contributed by atoms with van der Waals surface area (Å²) in [4.78, 5) is 12.5. The van der Waals surface area contributed by atoms with Crippen LogP contribution in [0.5, 0.6) is 0 Å². The Hall–Kier alpha value is -1.35. The van der Waals surface area contributed by atoms with Gasteiger partial charge in [0.1, 0.15) is 0 Å². The topological polar surface area (TPSA) is 41.1 Å². The minimum atomic E-state index is -0.175. The summed E-state index contributed by atoms with van der Waals surface area (Å²) in [5, 5.41) is 6.30. The number of rotatable bonds is 5. The SMILES string of the molecule is CNCC1(C(=O)Nc2c(C)cccc2C(C)C)CC1. The molecule has 2 N–H and O–H groups in total. The normalized spacial score (nSPS) is 16.5. The predicted octanol–water partition coefficient (Wildman–Crippen LogP) is 3.06. The fourth-order valence-electron chi connectivity index (χ4n) is 2.56. The largest absolute Gasteiger partial charge is 0.325 e. The standard InChI is InChI=1S/C16H24N2O/c1-11(2)13-7-5-6-12(3)14(13)18-15(19)16(8-9-16)10-17-4/h5-7,11,17H,8-10H2,1-4H3,(H,18,19). The lowest BCUT2D eigenvalue weighted by molar-refractivity contribution is -0.121. The molecule has 0 aliphatic heterocycles. The number of carbonyl (C=O) groups is 1. The number of nitrogens with one attached hydrogen (secondary N) is 2. The molecule has 0 bridgehead atoms. The fourth-order valence-corrected chi connectivity index (χ4v) is 2.56. The monoisotopic (exact) mass is 260 g/mol. The number of hydrogen-bond acceptors (Lipinski definition) is 2. The maximum absolute atomic E-state index is 12.5. The molecule has 0 unspecified atom stereocenters. The third-order valence-electron chi connectivity index (χ3n) is 4.02. The van der Waals surface area contributed by atoms with Crippen molar-refractivity contribution >= 4 is 11.6 Å². The summed E-state index contributed by atoms with van der Waals surface area (Å²) >= 11 is 0. The summed E-state index contributed by atoms with van der Waals surface area (Å²) in [7, 11) is 1.90. The van der Waals surface area contributed by atoms with Gasteiger partial charge in [0.25, 0.3) is 0 Å². The molecule has 0 spiro atoms. The van der Waals surface area contributed by atoms with Crippen LogP contribution >= 0.6 is 0 Å². The van der Waals surface area contributed by atoms with Gasteiger partial charge in [0.05, 0.1) is 5.41 Å². The number of hydrogen-bond donors (Lipinski definition) is 2. The zero-order valence-electron chi connectivity index (χ0n) is 12.3. The quantitative estimate of drug-likeness (QED) is 0.854. The van der Waals surface area contributed by atoms with Gasteiger partial charge in [0.2, 0.25) is 5.91 Å². The van der Waals surface area contributed by atoms with Gasteiger partial charge >= 0.3 is 0 Å². The van der Waals surface area contributed by atoms with E-state index in [2.05, 4.69) is 49.6 Å². The molecular weight excluding hydrogens is 236 g/mol. The molecule has 1 aromatic rings. The number of aryl methyl sites for hydroxylation is 1. The van der Waals surface area contributed by atoms with E-state index in [1.807, 2.05) is 7.05 Å². The van der Waals surface area contributed by atoms with Crippen LogP contribution in [0.25, 0.3) is 0 Å². The summed E-state index contributed by atoms with van der Waals surface area (Å²) in [5.74, 6) is 0.577. The first-order valence-electron chi connectivity index (χ1n) is 7.06. The van der Waals surface area contributed by atoms with Crippen molar-refractivity contribution in [3.63, 3.8) is 0 Å². The molecule has 1 aliphatic carbocycles. The van der Waals surface area contributed by atoms with Gasteiger partial charge in [-0.3, -0.25) is 4.79 Å². The van der Waals surface area contributed by atoms with Crippen LogP contribution in [0, 0.1) is 12.3 Å². The summed E-state index contributed by atoms with van der Waals surface area (Å²) in [6.07, 6.45) is 1.98. The lowest BCUT2D eigenvalue weighted by atomic mass is 9.97. The maximum Gasteiger partial charge on any atom is 0.231 e. The Morgan fingerprint density at radius 3 is 2.58 bits per heavy atom. The molecule has 19 heavy (non-hydrogen) atoms. The molecule has 0 radical (unpaired) electrons. The molecular formula is C16H24N2O. The first-order valence-corrected chi connectivity index (χ1v) is 7.06. The molecule has 0 aromatic heterocycles. The van der Waals surface area contributed by atoms with Crippen LogP contribution in [0.4, 0.5) is 5.69 Å². The molecule has 3 heteroatoms. The van der Waals surface area contributed by atoms with Crippen molar-refractivity contribution in [3.05, 3.63) is 29.3 Å². The van der Waals surface area contributed by atoms with Crippen LogP contribution in [-0.4, -0.2) is 19.5 Å². The molecule has 0 saturated heterocycles. The molecule has 1 amide bonds. The van der Waals surface area contributed by atoms with Crippen LogP contribution in [0.2, 0.25) is 0 Å². The second-order valence-corrected chi connectivity index (χ2v) is 5.96.